The Labute approximate surface area is 294 Å². The molecular weight excluding hydrogens is 636 g/mol. The van der Waals surface area contributed by atoms with Gasteiger partial charge in [-0.1, -0.05) is 133 Å². The molecule has 9 aromatic rings. The van der Waals surface area contributed by atoms with Gasteiger partial charge in [-0.15, -0.1) is 0 Å². The summed E-state index contributed by atoms with van der Waals surface area (Å²) in [5.41, 5.74) is 8.67. The lowest BCUT2D eigenvalue weighted by Crippen LogP contribution is -2.07. The molecule has 0 N–H and O–H groups in total. The van der Waals surface area contributed by atoms with Crippen molar-refractivity contribution < 1.29 is 0 Å². The van der Waals surface area contributed by atoms with Crippen LogP contribution < -0.4 is 0 Å². The van der Waals surface area contributed by atoms with Crippen LogP contribution >= 0.6 is 11.6 Å². The number of hydrogen-bond donors (Lipinski definition) is 0. The molecule has 3 heterocycles. The number of imidazole rings is 1. The third kappa shape index (κ3) is 5.32. The first-order chi connectivity index (χ1) is 24.7. The largest absolute Gasteiger partial charge is 0.312 e. The summed E-state index contributed by atoms with van der Waals surface area (Å²) < 4.78 is 4.47. The van der Waals surface area contributed by atoms with Crippen molar-refractivity contribution in [2.24, 2.45) is 0 Å². The Balaban J connectivity index is 1.22. The minimum atomic E-state index is 0.503. The molecule has 0 saturated heterocycles. The van der Waals surface area contributed by atoms with Crippen LogP contribution in [0.4, 0.5) is 0 Å². The van der Waals surface area contributed by atoms with Crippen LogP contribution in [0.25, 0.3) is 67.5 Å². The number of halogens is 1. The van der Waals surface area contributed by atoms with Gasteiger partial charge in [0.05, 0.1) is 27.3 Å². The normalized spacial score (nSPS) is 11.4. The monoisotopic (exact) mass is 664 g/mol. The number of fused-ring (bicyclic) bond motifs is 2. The van der Waals surface area contributed by atoms with Crippen molar-refractivity contribution >= 4 is 33.5 Å². The first-order valence-electron chi connectivity index (χ1n) is 16.5. The van der Waals surface area contributed by atoms with Gasteiger partial charge in [0, 0.05) is 39.9 Å². The highest BCUT2D eigenvalue weighted by molar-refractivity contribution is 6.36. The molecule has 0 radical (unpaired) electrons. The molecule has 0 bridgehead atoms. The maximum atomic E-state index is 7.30. The molecule has 0 saturated carbocycles. The SMILES string of the molecule is Clc1c(Cc2nc3ccccc3n2-c2ccccc2)n(-c2cccc(-c3nc(-c4ccccc4)nc(-c4ccccc4)n3)c2)c2ccccc12. The number of nitrogens with zero attached hydrogens (tertiary/aromatic N) is 6. The van der Waals surface area contributed by atoms with Gasteiger partial charge in [0.15, 0.2) is 17.5 Å². The topological polar surface area (TPSA) is 61.4 Å². The quantitative estimate of drug-likeness (QED) is 0.170. The van der Waals surface area contributed by atoms with Gasteiger partial charge in [-0.05, 0) is 42.5 Å². The summed E-state index contributed by atoms with van der Waals surface area (Å²) in [6.07, 6.45) is 0.503. The standard InChI is InChI=1S/C43H29ClN6/c44-40-34-23-10-12-25-36(34)49(38(40)28-39-45-35-24-11-13-26-37(35)50(39)32-20-8-3-9-21-32)33-22-14-19-31(27-33)43-47-41(29-15-4-1-5-16-29)46-42(48-43)30-17-6-2-7-18-30/h1-27H,28H2. The number of rotatable bonds is 7. The lowest BCUT2D eigenvalue weighted by molar-refractivity contribution is 0.884. The van der Waals surface area contributed by atoms with Crippen LogP contribution in [0.1, 0.15) is 11.5 Å². The van der Waals surface area contributed by atoms with E-state index in [0.29, 0.717) is 28.9 Å². The predicted octanol–water partition coefficient (Wildman–Crippen LogP) is 10.4. The molecule has 0 aliphatic heterocycles. The van der Waals surface area contributed by atoms with Crippen molar-refractivity contribution in [2.75, 3.05) is 0 Å². The molecule has 0 unspecified atom stereocenters. The minimum absolute atomic E-state index is 0.503. The fourth-order valence-electron chi connectivity index (χ4n) is 6.64. The molecule has 0 amide bonds. The van der Waals surface area contributed by atoms with Gasteiger partial charge in [0.25, 0.3) is 0 Å². The fraction of sp³-hybridized carbons (Fsp3) is 0.0233. The zero-order chi connectivity index (χ0) is 33.4. The Morgan fingerprint density at radius 1 is 0.440 bits per heavy atom. The van der Waals surface area contributed by atoms with Gasteiger partial charge in [-0.3, -0.25) is 4.57 Å². The van der Waals surface area contributed by atoms with Gasteiger partial charge in [0.2, 0.25) is 0 Å². The Morgan fingerprint density at radius 3 is 1.64 bits per heavy atom. The molecule has 0 spiro atoms. The fourth-order valence-corrected chi connectivity index (χ4v) is 6.95. The number of aromatic nitrogens is 6. The summed E-state index contributed by atoms with van der Waals surface area (Å²) in [6.45, 7) is 0. The molecule has 7 heteroatoms. The van der Waals surface area contributed by atoms with Crippen molar-refractivity contribution in [1.82, 2.24) is 29.1 Å². The molecule has 0 atom stereocenters. The highest BCUT2D eigenvalue weighted by Gasteiger charge is 2.22. The van der Waals surface area contributed by atoms with Crippen molar-refractivity contribution in [1.29, 1.82) is 0 Å². The summed E-state index contributed by atoms with van der Waals surface area (Å²) in [5, 5.41) is 1.69. The smallest absolute Gasteiger partial charge is 0.164 e. The second kappa shape index (κ2) is 12.6. The molecule has 6 aromatic carbocycles. The van der Waals surface area contributed by atoms with Gasteiger partial charge in [-0.2, -0.15) is 0 Å². The van der Waals surface area contributed by atoms with Gasteiger partial charge >= 0.3 is 0 Å². The maximum Gasteiger partial charge on any atom is 0.164 e. The van der Waals surface area contributed by atoms with E-state index in [4.69, 9.17) is 31.5 Å². The van der Waals surface area contributed by atoms with E-state index in [1.165, 1.54) is 0 Å². The first kappa shape index (κ1) is 29.7. The van der Waals surface area contributed by atoms with Crippen LogP contribution in [0, 0.1) is 0 Å². The average Bonchev–Trinajstić information content (AvgIpc) is 3.70. The second-order valence-electron chi connectivity index (χ2n) is 12.1. The minimum Gasteiger partial charge on any atom is -0.312 e. The van der Waals surface area contributed by atoms with Crippen LogP contribution in [-0.4, -0.2) is 29.1 Å². The lowest BCUT2D eigenvalue weighted by Gasteiger charge is -2.15. The summed E-state index contributed by atoms with van der Waals surface area (Å²) in [4.78, 5) is 20.0. The van der Waals surface area contributed by atoms with E-state index < -0.39 is 0 Å². The number of hydrogen-bond acceptors (Lipinski definition) is 4. The van der Waals surface area contributed by atoms with Crippen molar-refractivity contribution in [3.8, 4) is 45.5 Å². The molecule has 238 valence electrons. The molecule has 6 nitrogen and oxygen atoms in total. The van der Waals surface area contributed by atoms with E-state index >= 15 is 0 Å². The molecule has 0 aliphatic rings. The van der Waals surface area contributed by atoms with E-state index in [9.17, 15) is 0 Å². The van der Waals surface area contributed by atoms with Gasteiger partial charge in [0.1, 0.15) is 5.82 Å². The lowest BCUT2D eigenvalue weighted by atomic mass is 10.1. The zero-order valence-electron chi connectivity index (χ0n) is 26.9. The van der Waals surface area contributed by atoms with Gasteiger partial charge < -0.3 is 4.57 Å². The van der Waals surface area contributed by atoms with Crippen molar-refractivity contribution in [2.45, 2.75) is 6.42 Å². The molecule has 50 heavy (non-hydrogen) atoms. The highest BCUT2D eigenvalue weighted by Crippen LogP contribution is 2.37. The summed E-state index contributed by atoms with van der Waals surface area (Å²) in [6, 6.07) is 55.2. The van der Waals surface area contributed by atoms with Gasteiger partial charge in [-0.25, -0.2) is 19.9 Å². The molecule has 3 aromatic heterocycles. The van der Waals surface area contributed by atoms with Crippen LogP contribution in [0.2, 0.25) is 5.02 Å². The van der Waals surface area contributed by atoms with Crippen LogP contribution in [0.15, 0.2) is 164 Å². The molecule has 0 fully saturated rings. The molecule has 0 aliphatic carbocycles. The maximum absolute atomic E-state index is 7.30. The van der Waals surface area contributed by atoms with Crippen LogP contribution in [0.3, 0.4) is 0 Å². The zero-order valence-corrected chi connectivity index (χ0v) is 27.6. The Morgan fingerprint density at radius 2 is 0.960 bits per heavy atom. The second-order valence-corrected chi connectivity index (χ2v) is 12.4. The Bertz CT molecular complexity index is 2570. The predicted molar refractivity (Wildman–Crippen MR) is 202 cm³/mol. The third-order valence-corrected chi connectivity index (χ3v) is 9.36. The Hall–Kier alpha value is -6.37. The van der Waals surface area contributed by atoms with Crippen LogP contribution in [0.5, 0.6) is 0 Å². The van der Waals surface area contributed by atoms with Crippen LogP contribution in [-0.2, 0) is 6.42 Å². The molecular formula is C43H29ClN6. The first-order valence-corrected chi connectivity index (χ1v) is 16.9. The highest BCUT2D eigenvalue weighted by atomic mass is 35.5. The number of benzene rings is 6. The average molecular weight is 665 g/mol. The van der Waals surface area contributed by atoms with Crippen molar-refractivity contribution in [3.63, 3.8) is 0 Å². The van der Waals surface area contributed by atoms with E-state index in [-0.39, 0.29) is 0 Å². The Kier molecular flexibility index (Phi) is 7.48. The third-order valence-electron chi connectivity index (χ3n) is 8.94. The summed E-state index contributed by atoms with van der Waals surface area (Å²) in [7, 11) is 0. The van der Waals surface area contributed by atoms with Crippen molar-refractivity contribution in [3.05, 3.63) is 180 Å². The van der Waals surface area contributed by atoms with E-state index in [0.717, 1.165) is 61.5 Å². The van der Waals surface area contributed by atoms with E-state index in [2.05, 4.69) is 75.9 Å². The summed E-state index contributed by atoms with van der Waals surface area (Å²) in [5.74, 6) is 2.73. The van der Waals surface area contributed by atoms with E-state index in [1.54, 1.807) is 0 Å². The van der Waals surface area contributed by atoms with E-state index in [1.807, 2.05) is 97.1 Å². The summed E-state index contributed by atoms with van der Waals surface area (Å²) >= 11 is 7.30. The number of para-hydroxylation sites is 4. The molecule has 9 rings (SSSR count).